The highest BCUT2D eigenvalue weighted by Crippen LogP contribution is 2.23. The molecule has 2 aromatic carbocycles. The quantitative estimate of drug-likeness (QED) is 0.549. The maximum atomic E-state index is 5.48. The Morgan fingerprint density at radius 1 is 1.00 bits per heavy atom. The zero-order chi connectivity index (χ0) is 17.2. The van der Waals surface area contributed by atoms with Gasteiger partial charge in [-0.1, -0.05) is 17.3 Å². The van der Waals surface area contributed by atoms with Crippen molar-refractivity contribution in [2.45, 2.75) is 19.8 Å². The van der Waals surface area contributed by atoms with E-state index in [9.17, 15) is 0 Å². The number of methoxy groups -OCH3 is 1. The molecule has 0 radical (unpaired) electrons. The van der Waals surface area contributed by atoms with Crippen LogP contribution < -0.4 is 4.74 Å². The smallest absolute Gasteiger partial charge is 0.227 e. The largest absolute Gasteiger partial charge is 0.497 e. The minimum atomic E-state index is 0.562. The van der Waals surface area contributed by atoms with E-state index in [1.165, 1.54) is 5.56 Å². The first-order valence-electron chi connectivity index (χ1n) is 8.04. The van der Waals surface area contributed by atoms with Crippen molar-refractivity contribution in [1.29, 1.82) is 0 Å². The number of oxazole rings is 1. The number of hydrogen-bond donors (Lipinski definition) is 0. The van der Waals surface area contributed by atoms with E-state index >= 15 is 0 Å². The van der Waals surface area contributed by atoms with Crippen LogP contribution in [0.25, 0.3) is 22.5 Å². The standard InChI is InChI=1S/C19H17N3O3/c1-12-20-16-11-14(6-9-17(16)24-12)19-21-18(25-22-19)10-5-13-3-7-15(23-2)8-4-13/h3-4,6-9,11H,5,10H2,1-2H3. The van der Waals surface area contributed by atoms with Crippen LogP contribution in [0.5, 0.6) is 5.75 Å². The van der Waals surface area contributed by atoms with Crippen molar-refractivity contribution in [1.82, 2.24) is 15.1 Å². The van der Waals surface area contributed by atoms with Crippen LogP contribution >= 0.6 is 0 Å². The van der Waals surface area contributed by atoms with Crippen molar-refractivity contribution in [3.05, 3.63) is 59.8 Å². The van der Waals surface area contributed by atoms with Crippen molar-refractivity contribution < 1.29 is 13.7 Å². The van der Waals surface area contributed by atoms with Gasteiger partial charge in [0.25, 0.3) is 0 Å². The second-order valence-corrected chi connectivity index (χ2v) is 5.78. The molecular formula is C19H17N3O3. The van der Waals surface area contributed by atoms with Gasteiger partial charge in [-0.25, -0.2) is 4.98 Å². The number of rotatable bonds is 5. The van der Waals surface area contributed by atoms with Crippen molar-refractivity contribution in [3.8, 4) is 17.1 Å². The highest BCUT2D eigenvalue weighted by atomic mass is 16.5. The molecule has 0 aliphatic rings. The molecule has 25 heavy (non-hydrogen) atoms. The Labute approximate surface area is 144 Å². The fourth-order valence-corrected chi connectivity index (χ4v) is 2.70. The number of aryl methyl sites for hydroxylation is 3. The van der Waals surface area contributed by atoms with Crippen LogP contribution in [0.15, 0.2) is 51.4 Å². The number of nitrogens with zero attached hydrogens (tertiary/aromatic N) is 3. The molecule has 4 aromatic rings. The maximum Gasteiger partial charge on any atom is 0.227 e. The van der Waals surface area contributed by atoms with Gasteiger partial charge in [0.2, 0.25) is 11.7 Å². The van der Waals surface area contributed by atoms with Gasteiger partial charge in [-0.15, -0.1) is 0 Å². The number of fused-ring (bicyclic) bond motifs is 1. The molecule has 6 nitrogen and oxygen atoms in total. The second-order valence-electron chi connectivity index (χ2n) is 5.78. The Morgan fingerprint density at radius 3 is 2.64 bits per heavy atom. The maximum absolute atomic E-state index is 5.48. The van der Waals surface area contributed by atoms with E-state index in [4.69, 9.17) is 13.7 Å². The number of hydrogen-bond acceptors (Lipinski definition) is 6. The topological polar surface area (TPSA) is 74.2 Å². The molecular weight excluding hydrogens is 318 g/mol. The molecule has 0 saturated heterocycles. The predicted molar refractivity (Wildman–Crippen MR) is 92.4 cm³/mol. The summed E-state index contributed by atoms with van der Waals surface area (Å²) in [6, 6.07) is 13.7. The Kier molecular flexibility index (Phi) is 3.93. The number of ether oxygens (including phenoxy) is 1. The van der Waals surface area contributed by atoms with Gasteiger partial charge in [0.1, 0.15) is 11.3 Å². The zero-order valence-electron chi connectivity index (χ0n) is 14.0. The van der Waals surface area contributed by atoms with Crippen LogP contribution in [-0.2, 0) is 12.8 Å². The molecule has 4 rings (SSSR count). The molecule has 0 bridgehead atoms. The average Bonchev–Trinajstić information content (AvgIpc) is 3.25. The first-order chi connectivity index (χ1) is 12.2. The van der Waals surface area contributed by atoms with E-state index < -0.39 is 0 Å². The molecule has 6 heteroatoms. The molecule has 0 aliphatic heterocycles. The molecule has 0 fully saturated rings. The molecule has 126 valence electrons. The minimum absolute atomic E-state index is 0.562. The normalized spacial score (nSPS) is 11.1. The van der Waals surface area contributed by atoms with Crippen molar-refractivity contribution in [2.24, 2.45) is 0 Å². The third-order valence-corrected chi connectivity index (χ3v) is 4.01. The first kappa shape index (κ1) is 15.4. The number of benzene rings is 2. The van der Waals surface area contributed by atoms with Crippen LogP contribution in [0.1, 0.15) is 17.3 Å². The van der Waals surface area contributed by atoms with Crippen LogP contribution in [0, 0.1) is 6.92 Å². The van der Waals surface area contributed by atoms with Gasteiger partial charge in [-0.2, -0.15) is 4.98 Å². The lowest BCUT2D eigenvalue weighted by Gasteiger charge is -2.01. The second kappa shape index (κ2) is 6.39. The van der Waals surface area contributed by atoms with Gasteiger partial charge < -0.3 is 13.7 Å². The van der Waals surface area contributed by atoms with Gasteiger partial charge in [0, 0.05) is 18.9 Å². The van der Waals surface area contributed by atoms with Crippen LogP contribution in [0.3, 0.4) is 0 Å². The average molecular weight is 335 g/mol. The van der Waals surface area contributed by atoms with E-state index in [1.807, 2.05) is 49.4 Å². The van der Waals surface area contributed by atoms with Gasteiger partial charge in [-0.3, -0.25) is 0 Å². The molecule has 0 aliphatic carbocycles. The van der Waals surface area contributed by atoms with Gasteiger partial charge in [-0.05, 0) is 42.3 Å². The summed E-state index contributed by atoms with van der Waals surface area (Å²) in [4.78, 5) is 8.82. The highest BCUT2D eigenvalue weighted by Gasteiger charge is 2.11. The third kappa shape index (κ3) is 3.24. The van der Waals surface area contributed by atoms with Crippen molar-refractivity contribution >= 4 is 11.1 Å². The Morgan fingerprint density at radius 2 is 1.84 bits per heavy atom. The third-order valence-electron chi connectivity index (χ3n) is 4.01. The summed E-state index contributed by atoms with van der Waals surface area (Å²) in [5.41, 5.74) is 3.60. The molecule has 0 unspecified atom stereocenters. The lowest BCUT2D eigenvalue weighted by atomic mass is 10.1. The lowest BCUT2D eigenvalue weighted by Crippen LogP contribution is -1.92. The van der Waals surface area contributed by atoms with E-state index in [0.717, 1.165) is 28.8 Å². The van der Waals surface area contributed by atoms with E-state index in [1.54, 1.807) is 7.11 Å². The molecule has 0 saturated carbocycles. The summed E-state index contributed by atoms with van der Waals surface area (Å²) in [7, 11) is 1.66. The molecule has 0 N–H and O–H groups in total. The fraction of sp³-hybridized carbons (Fsp3) is 0.211. The summed E-state index contributed by atoms with van der Waals surface area (Å²) in [6.07, 6.45) is 1.51. The minimum Gasteiger partial charge on any atom is -0.497 e. The highest BCUT2D eigenvalue weighted by molar-refractivity contribution is 5.78. The van der Waals surface area contributed by atoms with Crippen molar-refractivity contribution in [2.75, 3.05) is 7.11 Å². The Balaban J connectivity index is 1.48. The van der Waals surface area contributed by atoms with Gasteiger partial charge in [0.05, 0.1) is 7.11 Å². The van der Waals surface area contributed by atoms with Crippen molar-refractivity contribution in [3.63, 3.8) is 0 Å². The first-order valence-corrected chi connectivity index (χ1v) is 8.04. The summed E-state index contributed by atoms with van der Waals surface area (Å²) < 4.78 is 16.0. The predicted octanol–water partition coefficient (Wildman–Crippen LogP) is 3.98. The van der Waals surface area contributed by atoms with E-state index in [-0.39, 0.29) is 0 Å². The molecule has 0 spiro atoms. The molecule has 0 amide bonds. The summed E-state index contributed by atoms with van der Waals surface area (Å²) in [5.74, 6) is 2.66. The molecule has 2 aromatic heterocycles. The Bertz CT molecular complexity index is 1000. The van der Waals surface area contributed by atoms with E-state index in [0.29, 0.717) is 24.0 Å². The van der Waals surface area contributed by atoms with Gasteiger partial charge >= 0.3 is 0 Å². The van der Waals surface area contributed by atoms with E-state index in [2.05, 4.69) is 15.1 Å². The number of aromatic nitrogens is 3. The Hall–Kier alpha value is -3.15. The molecule has 0 atom stereocenters. The zero-order valence-corrected chi connectivity index (χ0v) is 14.0. The van der Waals surface area contributed by atoms with Gasteiger partial charge in [0.15, 0.2) is 11.5 Å². The molecule has 2 heterocycles. The summed E-state index contributed by atoms with van der Waals surface area (Å²) >= 11 is 0. The monoisotopic (exact) mass is 335 g/mol. The summed E-state index contributed by atoms with van der Waals surface area (Å²) in [5, 5.41) is 4.08. The van der Waals surface area contributed by atoms with Crippen LogP contribution in [-0.4, -0.2) is 22.2 Å². The SMILES string of the molecule is COc1ccc(CCc2nc(-c3ccc4oc(C)nc4c3)no2)cc1. The van der Waals surface area contributed by atoms with Crippen LogP contribution in [0.4, 0.5) is 0 Å². The van der Waals surface area contributed by atoms with Crippen LogP contribution in [0.2, 0.25) is 0 Å². The lowest BCUT2D eigenvalue weighted by molar-refractivity contribution is 0.379. The summed E-state index contributed by atoms with van der Waals surface area (Å²) in [6.45, 7) is 1.82. The fourth-order valence-electron chi connectivity index (χ4n) is 2.70.